The molecule has 0 spiro atoms. The molecule has 0 saturated heterocycles. The molecule has 0 saturated carbocycles. The van der Waals surface area contributed by atoms with Gasteiger partial charge in [-0.25, -0.2) is 0 Å². The second-order valence-electron chi connectivity index (χ2n) is 3.62. The van der Waals surface area contributed by atoms with E-state index in [0.29, 0.717) is 13.1 Å². The van der Waals surface area contributed by atoms with Crippen LogP contribution in [0.5, 0.6) is 5.75 Å². The summed E-state index contributed by atoms with van der Waals surface area (Å²) in [6.45, 7) is 4.66. The maximum atomic E-state index is 10.8. The van der Waals surface area contributed by atoms with Gasteiger partial charge < -0.3 is 10.1 Å². The standard InChI is InChI=1S/C12H17NO2/c1-9-4-5-12(15-3)11(6-9)8-13-7-10(2)14/h4-6,13H,7-8H2,1-3H3. The van der Waals surface area contributed by atoms with Gasteiger partial charge in [0.1, 0.15) is 11.5 Å². The van der Waals surface area contributed by atoms with Gasteiger partial charge in [-0.15, -0.1) is 0 Å². The highest BCUT2D eigenvalue weighted by Crippen LogP contribution is 2.19. The van der Waals surface area contributed by atoms with Crippen LogP contribution in [-0.2, 0) is 11.3 Å². The Labute approximate surface area is 90.4 Å². The first kappa shape index (κ1) is 11.7. The Hall–Kier alpha value is -1.35. The first-order valence-electron chi connectivity index (χ1n) is 4.97. The quantitative estimate of drug-likeness (QED) is 0.798. The molecule has 0 aliphatic heterocycles. The van der Waals surface area contributed by atoms with Gasteiger partial charge in [0.05, 0.1) is 13.7 Å². The number of aryl methyl sites for hydroxylation is 1. The van der Waals surface area contributed by atoms with Gasteiger partial charge >= 0.3 is 0 Å². The number of benzene rings is 1. The Kier molecular flexibility index (Phi) is 4.31. The maximum absolute atomic E-state index is 10.8. The Morgan fingerprint density at radius 2 is 2.20 bits per heavy atom. The number of hydrogen-bond donors (Lipinski definition) is 1. The molecule has 3 heteroatoms. The number of nitrogens with one attached hydrogen (secondary N) is 1. The Morgan fingerprint density at radius 1 is 1.47 bits per heavy atom. The molecule has 0 amide bonds. The summed E-state index contributed by atoms with van der Waals surface area (Å²) >= 11 is 0. The lowest BCUT2D eigenvalue weighted by Gasteiger charge is -2.09. The molecule has 1 aromatic rings. The fourth-order valence-electron chi connectivity index (χ4n) is 1.42. The van der Waals surface area contributed by atoms with E-state index in [2.05, 4.69) is 11.4 Å². The average Bonchev–Trinajstić information content (AvgIpc) is 2.17. The molecule has 0 unspecified atom stereocenters. The van der Waals surface area contributed by atoms with E-state index in [1.165, 1.54) is 5.56 Å². The molecule has 0 aliphatic rings. The number of carbonyl (C=O) groups is 1. The highest BCUT2D eigenvalue weighted by molar-refractivity contribution is 5.77. The van der Waals surface area contributed by atoms with E-state index in [9.17, 15) is 4.79 Å². The number of ketones is 1. The number of rotatable bonds is 5. The van der Waals surface area contributed by atoms with Crippen molar-refractivity contribution in [1.29, 1.82) is 0 Å². The van der Waals surface area contributed by atoms with Crippen molar-refractivity contribution in [3.05, 3.63) is 29.3 Å². The molecule has 0 aromatic heterocycles. The van der Waals surface area contributed by atoms with Crippen LogP contribution < -0.4 is 10.1 Å². The molecular formula is C12H17NO2. The van der Waals surface area contributed by atoms with Gasteiger partial charge in [0.15, 0.2) is 0 Å². The molecule has 1 N–H and O–H groups in total. The van der Waals surface area contributed by atoms with E-state index in [0.717, 1.165) is 11.3 Å². The number of Topliss-reactive ketones (excluding diaryl/α,β-unsaturated/α-hetero) is 1. The van der Waals surface area contributed by atoms with E-state index in [1.54, 1.807) is 14.0 Å². The molecule has 0 bridgehead atoms. The summed E-state index contributed by atoms with van der Waals surface area (Å²) in [4.78, 5) is 10.8. The zero-order chi connectivity index (χ0) is 11.3. The lowest BCUT2D eigenvalue weighted by Crippen LogP contribution is -2.20. The minimum atomic E-state index is 0.140. The van der Waals surface area contributed by atoms with E-state index in [1.807, 2.05) is 19.1 Å². The summed E-state index contributed by atoms with van der Waals surface area (Å²) in [5, 5.41) is 3.07. The second kappa shape index (κ2) is 5.51. The lowest BCUT2D eigenvalue weighted by atomic mass is 10.1. The zero-order valence-electron chi connectivity index (χ0n) is 9.46. The Balaban J connectivity index is 2.65. The van der Waals surface area contributed by atoms with Crippen LogP contribution in [0.4, 0.5) is 0 Å². The molecule has 15 heavy (non-hydrogen) atoms. The summed E-state index contributed by atoms with van der Waals surface area (Å²) in [6, 6.07) is 6.01. The van der Waals surface area contributed by atoms with Crippen LogP contribution in [0.3, 0.4) is 0 Å². The smallest absolute Gasteiger partial charge is 0.143 e. The third-order valence-electron chi connectivity index (χ3n) is 2.13. The molecule has 0 radical (unpaired) electrons. The van der Waals surface area contributed by atoms with Crippen LogP contribution in [0.1, 0.15) is 18.1 Å². The van der Waals surface area contributed by atoms with Gasteiger partial charge in [-0.3, -0.25) is 4.79 Å². The third-order valence-corrected chi connectivity index (χ3v) is 2.13. The highest BCUT2D eigenvalue weighted by Gasteiger charge is 2.02. The summed E-state index contributed by atoms with van der Waals surface area (Å²) in [6.07, 6.45) is 0. The van der Waals surface area contributed by atoms with E-state index >= 15 is 0 Å². The first-order chi connectivity index (χ1) is 7.13. The number of ether oxygens (including phenoxy) is 1. The minimum Gasteiger partial charge on any atom is -0.496 e. The van der Waals surface area contributed by atoms with Crippen LogP contribution in [0.2, 0.25) is 0 Å². The molecule has 0 fully saturated rings. The first-order valence-corrected chi connectivity index (χ1v) is 4.97. The predicted molar refractivity (Wildman–Crippen MR) is 60.1 cm³/mol. The van der Waals surface area contributed by atoms with Gasteiger partial charge in [0, 0.05) is 12.1 Å². The predicted octanol–water partition coefficient (Wildman–Crippen LogP) is 1.68. The number of methoxy groups -OCH3 is 1. The largest absolute Gasteiger partial charge is 0.496 e. The summed E-state index contributed by atoms with van der Waals surface area (Å²) in [7, 11) is 1.65. The molecule has 0 heterocycles. The second-order valence-corrected chi connectivity index (χ2v) is 3.62. The van der Waals surface area contributed by atoms with E-state index in [4.69, 9.17) is 4.74 Å². The SMILES string of the molecule is COc1ccc(C)cc1CNCC(C)=O. The summed E-state index contributed by atoms with van der Waals surface area (Å²) in [5.74, 6) is 0.998. The van der Waals surface area contributed by atoms with Crippen molar-refractivity contribution in [2.45, 2.75) is 20.4 Å². The average molecular weight is 207 g/mol. The topological polar surface area (TPSA) is 38.3 Å². The molecular weight excluding hydrogens is 190 g/mol. The van der Waals surface area contributed by atoms with Gasteiger partial charge in [-0.1, -0.05) is 17.7 Å². The zero-order valence-corrected chi connectivity index (χ0v) is 9.46. The molecule has 82 valence electrons. The van der Waals surface area contributed by atoms with Crippen LogP contribution >= 0.6 is 0 Å². The van der Waals surface area contributed by atoms with Crippen LogP contribution in [0, 0.1) is 6.92 Å². The number of hydrogen-bond acceptors (Lipinski definition) is 3. The molecule has 1 aromatic carbocycles. The van der Waals surface area contributed by atoms with Crippen molar-refractivity contribution >= 4 is 5.78 Å². The van der Waals surface area contributed by atoms with Crippen molar-refractivity contribution in [3.63, 3.8) is 0 Å². The van der Waals surface area contributed by atoms with Crippen molar-refractivity contribution in [2.24, 2.45) is 0 Å². The van der Waals surface area contributed by atoms with Crippen LogP contribution in [0.15, 0.2) is 18.2 Å². The molecule has 0 atom stereocenters. The fraction of sp³-hybridized carbons (Fsp3) is 0.417. The van der Waals surface area contributed by atoms with Gasteiger partial charge in [-0.05, 0) is 19.9 Å². The summed E-state index contributed by atoms with van der Waals surface area (Å²) < 4.78 is 5.23. The molecule has 1 rings (SSSR count). The van der Waals surface area contributed by atoms with Crippen LogP contribution in [-0.4, -0.2) is 19.4 Å². The van der Waals surface area contributed by atoms with Gasteiger partial charge in [0.2, 0.25) is 0 Å². The Morgan fingerprint density at radius 3 is 2.80 bits per heavy atom. The third kappa shape index (κ3) is 3.72. The van der Waals surface area contributed by atoms with E-state index in [-0.39, 0.29) is 5.78 Å². The van der Waals surface area contributed by atoms with Crippen LogP contribution in [0.25, 0.3) is 0 Å². The van der Waals surface area contributed by atoms with Gasteiger partial charge in [-0.2, -0.15) is 0 Å². The van der Waals surface area contributed by atoms with Gasteiger partial charge in [0.25, 0.3) is 0 Å². The minimum absolute atomic E-state index is 0.140. The lowest BCUT2D eigenvalue weighted by molar-refractivity contribution is -0.116. The van der Waals surface area contributed by atoms with Crippen molar-refractivity contribution in [1.82, 2.24) is 5.32 Å². The normalized spacial score (nSPS) is 10.1. The molecule has 3 nitrogen and oxygen atoms in total. The molecule has 0 aliphatic carbocycles. The fourth-order valence-corrected chi connectivity index (χ4v) is 1.42. The van der Waals surface area contributed by atoms with Crippen molar-refractivity contribution in [3.8, 4) is 5.75 Å². The van der Waals surface area contributed by atoms with Crippen molar-refractivity contribution < 1.29 is 9.53 Å². The summed E-state index contributed by atoms with van der Waals surface area (Å²) in [5.41, 5.74) is 2.27. The van der Waals surface area contributed by atoms with E-state index < -0.39 is 0 Å². The number of carbonyl (C=O) groups excluding carboxylic acids is 1. The van der Waals surface area contributed by atoms with Crippen molar-refractivity contribution in [2.75, 3.05) is 13.7 Å². The Bertz CT molecular complexity index is 347. The monoisotopic (exact) mass is 207 g/mol. The highest BCUT2D eigenvalue weighted by atomic mass is 16.5. The maximum Gasteiger partial charge on any atom is 0.143 e.